The largest absolute Gasteiger partial charge is 0.309 e. The summed E-state index contributed by atoms with van der Waals surface area (Å²) in [5.74, 6) is 0. The minimum Gasteiger partial charge on any atom is -0.309 e. The van der Waals surface area contributed by atoms with Crippen molar-refractivity contribution in [3.8, 4) is 16.3 Å². The van der Waals surface area contributed by atoms with E-state index in [0.717, 1.165) is 10.5 Å². The molecule has 7 aromatic rings. The molecule has 0 amide bonds. The van der Waals surface area contributed by atoms with Crippen LogP contribution in [0.3, 0.4) is 0 Å². The predicted molar refractivity (Wildman–Crippen MR) is 137 cm³/mol. The van der Waals surface area contributed by atoms with Crippen molar-refractivity contribution in [2.75, 3.05) is 0 Å². The zero-order valence-electron chi connectivity index (χ0n) is 17.2. The summed E-state index contributed by atoms with van der Waals surface area (Å²) in [4.78, 5) is 5.12. The molecule has 0 spiro atoms. The number of aromatic nitrogens is 2. The van der Waals surface area contributed by atoms with Gasteiger partial charge in [-0.1, -0.05) is 78.9 Å². The van der Waals surface area contributed by atoms with E-state index < -0.39 is 0 Å². The molecule has 0 radical (unpaired) electrons. The topological polar surface area (TPSA) is 17.8 Å². The molecule has 0 saturated carbocycles. The molecule has 5 aromatic carbocycles. The number of hydrogen-bond acceptors (Lipinski definition) is 2. The number of hydrogen-bond donors (Lipinski definition) is 0. The van der Waals surface area contributed by atoms with E-state index >= 15 is 0 Å². The maximum absolute atomic E-state index is 5.12. The van der Waals surface area contributed by atoms with Crippen LogP contribution in [0.25, 0.3) is 59.1 Å². The summed E-state index contributed by atoms with van der Waals surface area (Å²) in [6.07, 6.45) is 0. The van der Waals surface area contributed by atoms with Crippen molar-refractivity contribution in [1.82, 2.24) is 9.55 Å². The van der Waals surface area contributed by atoms with Crippen LogP contribution in [0.2, 0.25) is 0 Å². The molecular formula is C29H18N2S. The highest BCUT2D eigenvalue weighted by Crippen LogP contribution is 2.40. The smallest absolute Gasteiger partial charge is 0.124 e. The normalized spacial score (nSPS) is 11.8. The summed E-state index contributed by atoms with van der Waals surface area (Å²) in [7, 11) is 0. The van der Waals surface area contributed by atoms with Gasteiger partial charge in [0.1, 0.15) is 5.01 Å². The fourth-order valence-corrected chi connectivity index (χ4v) is 5.72. The van der Waals surface area contributed by atoms with E-state index in [1.807, 2.05) is 6.07 Å². The Kier molecular flexibility index (Phi) is 3.75. The van der Waals surface area contributed by atoms with Crippen LogP contribution < -0.4 is 0 Å². The SMILES string of the molecule is c1ccc(-c2nc3c(ccc4c3c3ccccc3n4-c3ccc4ccccc4c3)s2)cc1. The van der Waals surface area contributed by atoms with Crippen molar-refractivity contribution in [3.05, 3.63) is 109 Å². The highest BCUT2D eigenvalue weighted by Gasteiger charge is 2.17. The number of fused-ring (bicyclic) bond motifs is 6. The van der Waals surface area contributed by atoms with E-state index in [0.29, 0.717) is 0 Å². The summed E-state index contributed by atoms with van der Waals surface area (Å²) in [5.41, 5.74) is 5.83. The Morgan fingerprint density at radius 2 is 1.41 bits per heavy atom. The first-order chi connectivity index (χ1) is 15.9. The molecule has 0 N–H and O–H groups in total. The van der Waals surface area contributed by atoms with Crippen molar-refractivity contribution in [1.29, 1.82) is 0 Å². The molecule has 2 aromatic heterocycles. The lowest BCUT2D eigenvalue weighted by Gasteiger charge is -2.09. The van der Waals surface area contributed by atoms with E-state index in [1.54, 1.807) is 11.3 Å². The van der Waals surface area contributed by atoms with Gasteiger partial charge in [0.05, 0.1) is 21.3 Å². The molecular weight excluding hydrogens is 408 g/mol. The molecule has 7 rings (SSSR count). The van der Waals surface area contributed by atoms with Crippen LogP contribution >= 0.6 is 11.3 Å². The second-order valence-electron chi connectivity index (χ2n) is 8.08. The summed E-state index contributed by atoms with van der Waals surface area (Å²) < 4.78 is 3.59. The minimum atomic E-state index is 1.07. The number of nitrogens with zero attached hydrogens (tertiary/aromatic N) is 2. The van der Waals surface area contributed by atoms with Crippen LogP contribution in [-0.2, 0) is 0 Å². The number of thiazole rings is 1. The van der Waals surface area contributed by atoms with Gasteiger partial charge in [0.2, 0.25) is 0 Å². The lowest BCUT2D eigenvalue weighted by atomic mass is 10.1. The first-order valence-electron chi connectivity index (χ1n) is 10.7. The molecule has 3 heteroatoms. The Labute approximate surface area is 189 Å². The highest BCUT2D eigenvalue weighted by molar-refractivity contribution is 7.21. The van der Waals surface area contributed by atoms with Gasteiger partial charge in [0, 0.05) is 22.0 Å². The Morgan fingerprint density at radius 1 is 0.625 bits per heavy atom. The summed E-state index contributed by atoms with van der Waals surface area (Å²) >= 11 is 1.76. The quantitative estimate of drug-likeness (QED) is 0.272. The van der Waals surface area contributed by atoms with Gasteiger partial charge in [-0.2, -0.15) is 0 Å². The molecule has 0 aliphatic carbocycles. The third kappa shape index (κ3) is 2.55. The van der Waals surface area contributed by atoms with Crippen molar-refractivity contribution in [2.45, 2.75) is 0 Å². The third-order valence-electron chi connectivity index (χ3n) is 6.21. The first-order valence-corrected chi connectivity index (χ1v) is 11.6. The van der Waals surface area contributed by atoms with E-state index in [2.05, 4.69) is 108 Å². The van der Waals surface area contributed by atoms with Gasteiger partial charge in [-0.15, -0.1) is 11.3 Å². The first kappa shape index (κ1) is 17.7. The molecule has 0 fully saturated rings. The maximum Gasteiger partial charge on any atom is 0.124 e. The van der Waals surface area contributed by atoms with Crippen molar-refractivity contribution >= 4 is 54.1 Å². The average molecular weight is 427 g/mol. The maximum atomic E-state index is 5.12. The molecule has 0 saturated heterocycles. The molecule has 0 bridgehead atoms. The highest BCUT2D eigenvalue weighted by atomic mass is 32.1. The zero-order valence-corrected chi connectivity index (χ0v) is 18.0. The van der Waals surface area contributed by atoms with E-state index in [9.17, 15) is 0 Å². The number of benzene rings is 5. The van der Waals surface area contributed by atoms with Gasteiger partial charge in [-0.05, 0) is 41.1 Å². The predicted octanol–water partition coefficient (Wildman–Crippen LogP) is 8.21. The summed E-state index contributed by atoms with van der Waals surface area (Å²) in [6, 6.07) is 38.8. The van der Waals surface area contributed by atoms with Crippen molar-refractivity contribution in [3.63, 3.8) is 0 Å². The molecule has 0 unspecified atom stereocenters. The van der Waals surface area contributed by atoms with Gasteiger partial charge < -0.3 is 4.57 Å². The minimum absolute atomic E-state index is 1.07. The molecule has 2 nitrogen and oxygen atoms in total. The van der Waals surface area contributed by atoms with Crippen LogP contribution in [-0.4, -0.2) is 9.55 Å². The average Bonchev–Trinajstić information content (AvgIpc) is 3.43. The van der Waals surface area contributed by atoms with E-state index in [4.69, 9.17) is 4.98 Å². The van der Waals surface area contributed by atoms with Crippen molar-refractivity contribution in [2.24, 2.45) is 0 Å². The van der Waals surface area contributed by atoms with Crippen molar-refractivity contribution < 1.29 is 0 Å². The second-order valence-corrected chi connectivity index (χ2v) is 9.11. The van der Waals surface area contributed by atoms with Gasteiger partial charge in [0.15, 0.2) is 0 Å². The Balaban J connectivity index is 1.57. The van der Waals surface area contributed by atoms with Gasteiger partial charge in [0.25, 0.3) is 0 Å². The molecule has 0 aliphatic heterocycles. The Morgan fingerprint density at radius 3 is 2.31 bits per heavy atom. The molecule has 2 heterocycles. The van der Waals surface area contributed by atoms with Crippen LogP contribution in [0.1, 0.15) is 0 Å². The molecule has 0 atom stereocenters. The third-order valence-corrected chi connectivity index (χ3v) is 7.28. The molecule has 32 heavy (non-hydrogen) atoms. The van der Waals surface area contributed by atoms with E-state index in [-0.39, 0.29) is 0 Å². The standard InChI is InChI=1S/C29H18N2S/c1-2-9-20(10-3-1)29-30-28-26(32-29)17-16-25-27(28)23-12-6-7-13-24(23)31(25)22-15-14-19-8-4-5-11-21(19)18-22/h1-18H. The Bertz CT molecular complexity index is 1770. The van der Waals surface area contributed by atoms with Crippen LogP contribution in [0.5, 0.6) is 0 Å². The fraction of sp³-hybridized carbons (Fsp3) is 0. The van der Waals surface area contributed by atoms with Crippen LogP contribution in [0.15, 0.2) is 109 Å². The number of para-hydroxylation sites is 1. The molecule has 0 aliphatic rings. The zero-order chi connectivity index (χ0) is 21.1. The van der Waals surface area contributed by atoms with Gasteiger partial charge >= 0.3 is 0 Å². The van der Waals surface area contributed by atoms with Gasteiger partial charge in [-0.3, -0.25) is 0 Å². The lowest BCUT2D eigenvalue weighted by molar-refractivity contribution is 1.19. The van der Waals surface area contributed by atoms with Gasteiger partial charge in [-0.25, -0.2) is 4.98 Å². The molecule has 150 valence electrons. The fourth-order valence-electron chi connectivity index (χ4n) is 4.74. The lowest BCUT2D eigenvalue weighted by Crippen LogP contribution is -1.93. The summed E-state index contributed by atoms with van der Waals surface area (Å²) in [6.45, 7) is 0. The summed E-state index contributed by atoms with van der Waals surface area (Å²) in [5, 5.41) is 6.04. The number of rotatable bonds is 2. The second kappa shape index (κ2) is 6.78. The van der Waals surface area contributed by atoms with E-state index in [1.165, 1.54) is 48.5 Å². The monoisotopic (exact) mass is 426 g/mol. The van der Waals surface area contributed by atoms with Crippen LogP contribution in [0.4, 0.5) is 0 Å². The Hall–Kier alpha value is -3.95. The van der Waals surface area contributed by atoms with Crippen LogP contribution in [0, 0.1) is 0 Å².